The number of ether oxygens (including phenoxy) is 1. The highest BCUT2D eigenvalue weighted by molar-refractivity contribution is 6.01. The van der Waals surface area contributed by atoms with Crippen LogP contribution in [0.4, 0.5) is 0 Å². The molecular formula is C17H24NO5+. The SMILES string of the molecule is COc1ccc(C=CC(=O)C(O)(CC(=O)O)C[N+](C)(C)C)cc1. The molecule has 0 bridgehead atoms. The van der Waals surface area contributed by atoms with Crippen molar-refractivity contribution >= 4 is 17.8 Å². The molecule has 0 aliphatic rings. The van der Waals surface area contributed by atoms with Crippen LogP contribution in [0, 0.1) is 0 Å². The lowest BCUT2D eigenvalue weighted by atomic mass is 9.92. The van der Waals surface area contributed by atoms with Gasteiger partial charge in [-0.1, -0.05) is 18.2 Å². The Kier molecular flexibility index (Phi) is 6.06. The minimum absolute atomic E-state index is 0.00505. The topological polar surface area (TPSA) is 83.8 Å². The molecule has 2 N–H and O–H groups in total. The Morgan fingerprint density at radius 3 is 2.22 bits per heavy atom. The summed E-state index contributed by atoms with van der Waals surface area (Å²) in [5.41, 5.74) is -1.19. The van der Waals surface area contributed by atoms with Gasteiger partial charge in [-0.05, 0) is 23.8 Å². The van der Waals surface area contributed by atoms with E-state index in [9.17, 15) is 14.7 Å². The molecule has 1 atom stereocenters. The summed E-state index contributed by atoms with van der Waals surface area (Å²) in [6.07, 6.45) is 2.14. The second kappa shape index (κ2) is 7.39. The van der Waals surface area contributed by atoms with Crippen LogP contribution in [0.5, 0.6) is 5.75 Å². The number of carboxylic acids is 1. The number of hydrogen-bond donors (Lipinski definition) is 2. The van der Waals surface area contributed by atoms with E-state index in [2.05, 4.69) is 0 Å². The number of carboxylic acid groups (broad SMARTS) is 1. The fraction of sp³-hybridized carbons (Fsp3) is 0.412. The van der Waals surface area contributed by atoms with Crippen LogP contribution >= 0.6 is 0 Å². The van der Waals surface area contributed by atoms with Gasteiger partial charge >= 0.3 is 5.97 Å². The van der Waals surface area contributed by atoms with Crippen molar-refractivity contribution < 1.29 is 29.0 Å². The summed E-state index contributed by atoms with van der Waals surface area (Å²) < 4.78 is 5.32. The van der Waals surface area contributed by atoms with E-state index >= 15 is 0 Å². The van der Waals surface area contributed by atoms with Crippen molar-refractivity contribution in [3.63, 3.8) is 0 Å². The van der Waals surface area contributed by atoms with Crippen molar-refractivity contribution in [3.05, 3.63) is 35.9 Å². The lowest BCUT2D eigenvalue weighted by Gasteiger charge is -2.33. The minimum Gasteiger partial charge on any atom is -0.497 e. The van der Waals surface area contributed by atoms with Gasteiger partial charge in [-0.15, -0.1) is 0 Å². The van der Waals surface area contributed by atoms with Gasteiger partial charge in [-0.25, -0.2) is 0 Å². The molecule has 0 heterocycles. The molecule has 1 rings (SSSR count). The lowest BCUT2D eigenvalue weighted by molar-refractivity contribution is -0.875. The monoisotopic (exact) mass is 322 g/mol. The van der Waals surface area contributed by atoms with Crippen LogP contribution in [0.25, 0.3) is 6.08 Å². The van der Waals surface area contributed by atoms with E-state index in [1.807, 2.05) is 0 Å². The van der Waals surface area contributed by atoms with Crippen molar-refractivity contribution in [1.82, 2.24) is 0 Å². The molecule has 126 valence electrons. The number of quaternary nitrogens is 1. The Hall–Kier alpha value is -2.18. The van der Waals surface area contributed by atoms with Gasteiger partial charge < -0.3 is 19.4 Å². The molecular weight excluding hydrogens is 298 g/mol. The van der Waals surface area contributed by atoms with Crippen molar-refractivity contribution in [2.24, 2.45) is 0 Å². The van der Waals surface area contributed by atoms with E-state index < -0.39 is 23.8 Å². The molecule has 0 aromatic heterocycles. The number of aliphatic carboxylic acids is 1. The Morgan fingerprint density at radius 1 is 1.22 bits per heavy atom. The van der Waals surface area contributed by atoms with Crippen LogP contribution in [0.3, 0.4) is 0 Å². The van der Waals surface area contributed by atoms with Gasteiger partial charge in [0.25, 0.3) is 0 Å². The fourth-order valence-electron chi connectivity index (χ4n) is 2.30. The third-order valence-electron chi connectivity index (χ3n) is 3.18. The Morgan fingerprint density at radius 2 is 1.78 bits per heavy atom. The zero-order chi connectivity index (χ0) is 17.7. The van der Waals surface area contributed by atoms with E-state index in [4.69, 9.17) is 9.84 Å². The molecule has 0 spiro atoms. The number of carbonyl (C=O) groups is 2. The van der Waals surface area contributed by atoms with Gasteiger partial charge in [-0.2, -0.15) is 0 Å². The second-order valence-electron chi connectivity index (χ2n) is 6.52. The third kappa shape index (κ3) is 6.22. The smallest absolute Gasteiger partial charge is 0.307 e. The van der Waals surface area contributed by atoms with Crippen LogP contribution in [-0.2, 0) is 9.59 Å². The number of carbonyl (C=O) groups excluding carboxylic acids is 1. The molecule has 1 aromatic rings. The molecule has 6 heteroatoms. The molecule has 0 saturated heterocycles. The summed E-state index contributed by atoms with van der Waals surface area (Å²) >= 11 is 0. The van der Waals surface area contributed by atoms with Gasteiger partial charge in [0.15, 0.2) is 11.4 Å². The largest absolute Gasteiger partial charge is 0.497 e. The van der Waals surface area contributed by atoms with Crippen LogP contribution in [0.1, 0.15) is 12.0 Å². The van der Waals surface area contributed by atoms with E-state index in [0.29, 0.717) is 5.75 Å². The maximum absolute atomic E-state index is 12.3. The first-order chi connectivity index (χ1) is 10.6. The highest BCUT2D eigenvalue weighted by Crippen LogP contribution is 2.18. The molecule has 0 radical (unpaired) electrons. The molecule has 23 heavy (non-hydrogen) atoms. The second-order valence-corrected chi connectivity index (χ2v) is 6.52. The van der Waals surface area contributed by atoms with E-state index in [0.717, 1.165) is 5.56 Å². The van der Waals surface area contributed by atoms with Crippen molar-refractivity contribution in [2.45, 2.75) is 12.0 Å². The number of ketones is 1. The molecule has 1 unspecified atom stereocenters. The number of benzene rings is 1. The molecule has 0 aliphatic heterocycles. The molecule has 0 aliphatic carbocycles. The predicted molar refractivity (Wildman–Crippen MR) is 87.1 cm³/mol. The summed E-state index contributed by atoms with van der Waals surface area (Å²) in [5, 5.41) is 19.5. The quantitative estimate of drug-likeness (QED) is 0.555. The van der Waals surface area contributed by atoms with Crippen molar-refractivity contribution in [1.29, 1.82) is 0 Å². The zero-order valence-electron chi connectivity index (χ0n) is 13.9. The normalized spacial score (nSPS) is 14.5. The zero-order valence-corrected chi connectivity index (χ0v) is 13.9. The average molecular weight is 322 g/mol. The van der Waals surface area contributed by atoms with Gasteiger partial charge in [0.1, 0.15) is 12.3 Å². The number of nitrogens with zero attached hydrogens (tertiary/aromatic N) is 1. The molecule has 1 aromatic carbocycles. The highest BCUT2D eigenvalue weighted by Gasteiger charge is 2.41. The van der Waals surface area contributed by atoms with Crippen LogP contribution in [0.15, 0.2) is 30.3 Å². The first kappa shape index (κ1) is 18.9. The van der Waals surface area contributed by atoms with Gasteiger partial charge in [0.2, 0.25) is 0 Å². The summed E-state index contributed by atoms with van der Waals surface area (Å²) in [5.74, 6) is -1.14. The van der Waals surface area contributed by atoms with E-state index in [-0.39, 0.29) is 11.0 Å². The lowest BCUT2D eigenvalue weighted by Crippen LogP contribution is -2.54. The van der Waals surface area contributed by atoms with Gasteiger partial charge in [-0.3, -0.25) is 9.59 Å². The average Bonchev–Trinajstić information content (AvgIpc) is 2.42. The fourth-order valence-corrected chi connectivity index (χ4v) is 2.30. The van der Waals surface area contributed by atoms with Crippen LogP contribution in [0.2, 0.25) is 0 Å². The third-order valence-corrected chi connectivity index (χ3v) is 3.18. The standard InChI is InChI=1S/C17H23NO5/c1-18(2,3)12-17(22,11-16(20)21)15(19)10-7-13-5-8-14(23-4)9-6-13/h5-10,22H,11-12H2,1-4H3/p+1. The number of methoxy groups -OCH3 is 1. The molecule has 0 amide bonds. The summed E-state index contributed by atoms with van der Waals surface area (Å²) in [4.78, 5) is 23.3. The maximum atomic E-state index is 12.3. The summed E-state index contributed by atoms with van der Waals surface area (Å²) in [6, 6.07) is 7.02. The van der Waals surface area contributed by atoms with Crippen molar-refractivity contribution in [3.8, 4) is 5.75 Å². The predicted octanol–water partition coefficient (Wildman–Crippen LogP) is 1.19. The first-order valence-electron chi connectivity index (χ1n) is 7.17. The van der Waals surface area contributed by atoms with Crippen LogP contribution < -0.4 is 4.74 Å². The Balaban J connectivity index is 2.95. The molecule has 6 nitrogen and oxygen atoms in total. The Bertz CT molecular complexity index is 586. The van der Waals surface area contributed by atoms with Crippen LogP contribution in [-0.4, -0.2) is 66.8 Å². The number of rotatable bonds is 8. The van der Waals surface area contributed by atoms with E-state index in [1.165, 1.54) is 6.08 Å². The van der Waals surface area contributed by atoms with E-state index in [1.54, 1.807) is 58.6 Å². The number of aliphatic hydroxyl groups is 1. The molecule has 0 fully saturated rings. The Labute approximate surface area is 136 Å². The summed E-state index contributed by atoms with van der Waals surface area (Å²) in [6.45, 7) is 0.00505. The number of likely N-dealkylation sites (N-methyl/N-ethyl adjacent to an activating group) is 1. The molecule has 0 saturated carbocycles. The maximum Gasteiger partial charge on any atom is 0.307 e. The summed E-state index contributed by atoms with van der Waals surface area (Å²) in [7, 11) is 6.92. The van der Waals surface area contributed by atoms with Crippen molar-refractivity contribution in [2.75, 3.05) is 34.8 Å². The minimum atomic E-state index is -1.94. The van der Waals surface area contributed by atoms with Gasteiger partial charge in [0, 0.05) is 0 Å². The number of hydrogen-bond acceptors (Lipinski definition) is 4. The van der Waals surface area contributed by atoms with Gasteiger partial charge in [0.05, 0.1) is 34.7 Å². The highest BCUT2D eigenvalue weighted by atomic mass is 16.5. The first-order valence-corrected chi connectivity index (χ1v) is 7.17.